The number of nitrogens with one attached hydrogen (secondary N) is 1. The average Bonchev–Trinajstić information content (AvgIpc) is 3.32. The minimum absolute atomic E-state index is 0. The number of nitrogens with zero attached hydrogens (tertiary/aromatic N) is 1. The van der Waals surface area contributed by atoms with Gasteiger partial charge in [-0.05, 0) is 43.0 Å². The van der Waals surface area contributed by atoms with Crippen molar-refractivity contribution < 1.29 is 13.9 Å². The second kappa shape index (κ2) is 7.90. The Hall–Kier alpha value is -1.17. The summed E-state index contributed by atoms with van der Waals surface area (Å²) in [4.78, 5) is 14.0. The van der Waals surface area contributed by atoms with Gasteiger partial charge in [0.15, 0.2) is 0 Å². The van der Waals surface area contributed by atoms with Crippen LogP contribution in [-0.2, 0) is 9.53 Å². The van der Waals surface area contributed by atoms with E-state index >= 15 is 0 Å². The molecule has 0 spiro atoms. The van der Waals surface area contributed by atoms with E-state index in [0.717, 1.165) is 18.0 Å². The lowest BCUT2D eigenvalue weighted by molar-refractivity contribution is -0.138. The van der Waals surface area contributed by atoms with Gasteiger partial charge in [0.25, 0.3) is 0 Å². The van der Waals surface area contributed by atoms with Crippen molar-refractivity contribution in [3.05, 3.63) is 35.6 Å². The molecule has 1 aliphatic heterocycles. The molecular formula is C16H22ClFN2O2. The van der Waals surface area contributed by atoms with Gasteiger partial charge in [-0.1, -0.05) is 12.1 Å². The molecule has 0 bridgehead atoms. The molecule has 4 nitrogen and oxygen atoms in total. The predicted molar refractivity (Wildman–Crippen MR) is 84.5 cm³/mol. The van der Waals surface area contributed by atoms with Crippen LogP contribution in [0.5, 0.6) is 0 Å². The van der Waals surface area contributed by atoms with Crippen LogP contribution in [0.3, 0.4) is 0 Å². The summed E-state index contributed by atoms with van der Waals surface area (Å²) < 4.78 is 18.7. The molecule has 1 saturated carbocycles. The van der Waals surface area contributed by atoms with Crippen molar-refractivity contribution in [1.82, 2.24) is 10.2 Å². The topological polar surface area (TPSA) is 41.6 Å². The fraction of sp³-hybridized carbons (Fsp3) is 0.562. The van der Waals surface area contributed by atoms with Gasteiger partial charge in [0.05, 0.1) is 19.7 Å². The first-order chi connectivity index (χ1) is 10.2. The highest BCUT2D eigenvalue weighted by molar-refractivity contribution is 5.85. The van der Waals surface area contributed by atoms with Gasteiger partial charge in [0.2, 0.25) is 5.91 Å². The molecule has 1 aromatic rings. The van der Waals surface area contributed by atoms with Gasteiger partial charge in [-0.15, -0.1) is 12.4 Å². The maximum atomic E-state index is 13.0. The Morgan fingerprint density at radius 1 is 1.32 bits per heavy atom. The maximum Gasteiger partial charge on any atom is 0.236 e. The van der Waals surface area contributed by atoms with E-state index < -0.39 is 0 Å². The van der Waals surface area contributed by atoms with Crippen molar-refractivity contribution in [2.24, 2.45) is 5.92 Å². The van der Waals surface area contributed by atoms with Gasteiger partial charge in [-0.3, -0.25) is 4.79 Å². The van der Waals surface area contributed by atoms with Gasteiger partial charge in [0.1, 0.15) is 11.9 Å². The molecule has 2 aliphatic rings. The predicted octanol–water partition coefficient (Wildman–Crippen LogP) is 2.15. The second-order valence-corrected chi connectivity index (χ2v) is 5.83. The third-order valence-electron chi connectivity index (χ3n) is 4.07. The van der Waals surface area contributed by atoms with Gasteiger partial charge in [-0.2, -0.15) is 0 Å². The Kier molecular flexibility index (Phi) is 6.17. The third kappa shape index (κ3) is 4.66. The van der Waals surface area contributed by atoms with E-state index in [1.165, 1.54) is 25.0 Å². The molecule has 1 heterocycles. The minimum atomic E-state index is -0.258. The maximum absolute atomic E-state index is 13.0. The molecule has 1 N–H and O–H groups in total. The molecule has 1 aromatic carbocycles. The fourth-order valence-electron chi connectivity index (χ4n) is 2.57. The quantitative estimate of drug-likeness (QED) is 0.900. The summed E-state index contributed by atoms with van der Waals surface area (Å²) in [6.45, 7) is 3.03. The van der Waals surface area contributed by atoms with E-state index in [9.17, 15) is 9.18 Å². The zero-order chi connectivity index (χ0) is 14.7. The van der Waals surface area contributed by atoms with E-state index in [0.29, 0.717) is 26.2 Å². The van der Waals surface area contributed by atoms with Crippen molar-refractivity contribution in [1.29, 1.82) is 0 Å². The standard InChI is InChI=1S/C16H21FN2O2.ClH/c17-14-5-3-13(4-6-14)15-11-19(7-8-21-15)16(20)10-18-9-12-1-2-12;/h3-6,12,15,18H,1-2,7-11H2;1H. The first-order valence-electron chi connectivity index (χ1n) is 7.58. The summed E-state index contributed by atoms with van der Waals surface area (Å²) in [5.41, 5.74) is 0.917. The number of halogens is 2. The molecule has 1 unspecified atom stereocenters. The summed E-state index contributed by atoms with van der Waals surface area (Å²) in [6.07, 6.45) is 2.41. The van der Waals surface area contributed by atoms with Crippen LogP contribution in [0.2, 0.25) is 0 Å². The number of carbonyl (C=O) groups is 1. The Labute approximate surface area is 136 Å². The van der Waals surface area contributed by atoms with Crippen molar-refractivity contribution in [3.63, 3.8) is 0 Å². The fourth-order valence-corrected chi connectivity index (χ4v) is 2.57. The summed E-state index contributed by atoms with van der Waals surface area (Å²) in [5, 5.41) is 3.22. The number of amides is 1. The normalized spacial score (nSPS) is 21.3. The van der Waals surface area contributed by atoms with Gasteiger partial charge >= 0.3 is 0 Å². The van der Waals surface area contributed by atoms with Crippen LogP contribution < -0.4 is 5.32 Å². The molecule has 6 heteroatoms. The zero-order valence-corrected chi connectivity index (χ0v) is 13.3. The first kappa shape index (κ1) is 17.2. The number of hydrogen-bond acceptors (Lipinski definition) is 3. The van der Waals surface area contributed by atoms with E-state index in [2.05, 4.69) is 5.32 Å². The molecule has 122 valence electrons. The Balaban J connectivity index is 0.00000176. The van der Waals surface area contributed by atoms with Gasteiger partial charge in [0, 0.05) is 6.54 Å². The van der Waals surface area contributed by atoms with Crippen LogP contribution >= 0.6 is 12.4 Å². The highest BCUT2D eigenvalue weighted by Crippen LogP contribution is 2.27. The largest absolute Gasteiger partial charge is 0.370 e. The van der Waals surface area contributed by atoms with Crippen LogP contribution in [0.1, 0.15) is 24.5 Å². The minimum Gasteiger partial charge on any atom is -0.370 e. The summed E-state index contributed by atoms with van der Waals surface area (Å²) in [6, 6.07) is 6.30. The zero-order valence-electron chi connectivity index (χ0n) is 12.5. The van der Waals surface area contributed by atoms with E-state index in [1.807, 2.05) is 4.90 Å². The molecule has 22 heavy (non-hydrogen) atoms. The van der Waals surface area contributed by atoms with Crippen LogP contribution in [0.25, 0.3) is 0 Å². The number of benzene rings is 1. The first-order valence-corrected chi connectivity index (χ1v) is 7.58. The lowest BCUT2D eigenvalue weighted by atomic mass is 10.1. The Morgan fingerprint density at radius 3 is 2.73 bits per heavy atom. The number of carbonyl (C=O) groups excluding carboxylic acids is 1. The third-order valence-corrected chi connectivity index (χ3v) is 4.07. The van der Waals surface area contributed by atoms with E-state index in [4.69, 9.17) is 4.74 Å². The molecule has 3 rings (SSSR count). The Bertz CT molecular complexity index is 493. The summed E-state index contributed by atoms with van der Waals surface area (Å²) >= 11 is 0. The number of morpholine rings is 1. The van der Waals surface area contributed by atoms with E-state index in [1.54, 1.807) is 12.1 Å². The van der Waals surface area contributed by atoms with Crippen molar-refractivity contribution >= 4 is 18.3 Å². The monoisotopic (exact) mass is 328 g/mol. The highest BCUT2D eigenvalue weighted by atomic mass is 35.5. The highest BCUT2D eigenvalue weighted by Gasteiger charge is 2.26. The molecule has 1 atom stereocenters. The SMILES string of the molecule is Cl.O=C(CNCC1CC1)N1CCOC(c2ccc(F)cc2)C1. The number of rotatable bonds is 5. The van der Waals surface area contributed by atoms with Crippen LogP contribution in [0, 0.1) is 11.7 Å². The molecule has 0 radical (unpaired) electrons. The lowest BCUT2D eigenvalue weighted by Crippen LogP contribution is -2.46. The van der Waals surface area contributed by atoms with Crippen LogP contribution in [0.4, 0.5) is 4.39 Å². The smallest absolute Gasteiger partial charge is 0.236 e. The molecule has 1 amide bonds. The summed E-state index contributed by atoms with van der Waals surface area (Å²) in [5.74, 6) is 0.632. The van der Waals surface area contributed by atoms with Crippen LogP contribution in [-0.4, -0.2) is 43.6 Å². The average molecular weight is 329 g/mol. The van der Waals surface area contributed by atoms with Crippen molar-refractivity contribution in [2.45, 2.75) is 18.9 Å². The molecule has 2 fully saturated rings. The number of ether oxygens (including phenoxy) is 1. The molecule has 0 aromatic heterocycles. The molecule has 1 aliphatic carbocycles. The van der Waals surface area contributed by atoms with Crippen molar-refractivity contribution in [2.75, 3.05) is 32.8 Å². The van der Waals surface area contributed by atoms with Gasteiger partial charge < -0.3 is 15.0 Å². The second-order valence-electron chi connectivity index (χ2n) is 5.83. The summed E-state index contributed by atoms with van der Waals surface area (Å²) in [7, 11) is 0. The van der Waals surface area contributed by atoms with Crippen LogP contribution in [0.15, 0.2) is 24.3 Å². The van der Waals surface area contributed by atoms with Crippen molar-refractivity contribution in [3.8, 4) is 0 Å². The molecular weight excluding hydrogens is 307 g/mol. The Morgan fingerprint density at radius 2 is 2.05 bits per heavy atom. The number of hydrogen-bond donors (Lipinski definition) is 1. The lowest BCUT2D eigenvalue weighted by Gasteiger charge is -2.33. The molecule has 1 saturated heterocycles. The van der Waals surface area contributed by atoms with E-state index in [-0.39, 0.29) is 30.2 Å². The van der Waals surface area contributed by atoms with Gasteiger partial charge in [-0.25, -0.2) is 4.39 Å².